The fraction of sp³-hybridized carbons (Fsp3) is 0.300. The van der Waals surface area contributed by atoms with Crippen LogP contribution in [0.4, 0.5) is 11.4 Å². The first-order chi connectivity index (χ1) is 13.9. The average Bonchev–Trinajstić information content (AvgIpc) is 3.15. The van der Waals surface area contributed by atoms with Crippen molar-refractivity contribution in [1.29, 1.82) is 0 Å². The van der Waals surface area contributed by atoms with Gasteiger partial charge in [0.05, 0.1) is 25.4 Å². The fourth-order valence-corrected chi connectivity index (χ4v) is 2.92. The Labute approximate surface area is 173 Å². The molecule has 1 atom stereocenters. The molecule has 2 amide bonds. The van der Waals surface area contributed by atoms with E-state index in [2.05, 4.69) is 10.6 Å². The second-order valence-electron chi connectivity index (χ2n) is 6.54. The summed E-state index contributed by atoms with van der Waals surface area (Å²) in [5.41, 5.74) is 1.06. The minimum absolute atomic E-state index is 0.00535. The number of carbonyl (C=O) groups excluding carboxylic acids is 2. The number of anilines is 2. The van der Waals surface area contributed by atoms with E-state index >= 15 is 0 Å². The number of benzene rings is 2. The van der Waals surface area contributed by atoms with Crippen LogP contribution < -0.4 is 24.8 Å². The van der Waals surface area contributed by atoms with Gasteiger partial charge >= 0.3 is 0 Å². The van der Waals surface area contributed by atoms with Gasteiger partial charge in [0.2, 0.25) is 18.6 Å². The zero-order chi connectivity index (χ0) is 21.0. The third kappa shape index (κ3) is 5.10. The lowest BCUT2D eigenvalue weighted by Crippen LogP contribution is -2.43. The zero-order valence-electron chi connectivity index (χ0n) is 16.3. The summed E-state index contributed by atoms with van der Waals surface area (Å²) >= 11 is 5.98. The van der Waals surface area contributed by atoms with Crippen molar-refractivity contribution < 1.29 is 23.8 Å². The van der Waals surface area contributed by atoms with E-state index in [0.29, 0.717) is 33.6 Å². The van der Waals surface area contributed by atoms with Crippen molar-refractivity contribution in [3.8, 4) is 17.2 Å². The van der Waals surface area contributed by atoms with Crippen molar-refractivity contribution in [2.24, 2.45) is 0 Å². The molecule has 0 unspecified atom stereocenters. The van der Waals surface area contributed by atoms with E-state index in [9.17, 15) is 9.59 Å². The van der Waals surface area contributed by atoms with Gasteiger partial charge < -0.3 is 24.8 Å². The van der Waals surface area contributed by atoms with E-state index in [0.717, 1.165) is 0 Å². The summed E-state index contributed by atoms with van der Waals surface area (Å²) in [5.74, 6) is 1.18. The van der Waals surface area contributed by atoms with E-state index in [1.807, 2.05) is 0 Å². The molecule has 0 saturated heterocycles. The molecule has 1 aliphatic rings. The molecule has 9 heteroatoms. The van der Waals surface area contributed by atoms with Crippen LogP contribution in [0, 0.1) is 0 Å². The standard InChI is InChI=1S/C20H22ClN3O5/c1-12(20(26)22-14-5-7-17-18(9-14)29-11-28-17)24(2)10-19(25)23-15-8-13(21)4-6-16(15)27-3/h4-9,12H,10-11H2,1-3H3,(H,22,26)(H,23,25)/t12-/m1/s1. The SMILES string of the molecule is COc1ccc(Cl)cc1NC(=O)CN(C)[C@H](C)C(=O)Nc1ccc2c(c1)OCO2. The third-order valence-corrected chi connectivity index (χ3v) is 4.74. The molecule has 154 valence electrons. The average molecular weight is 420 g/mol. The van der Waals surface area contributed by atoms with Gasteiger partial charge in [-0.1, -0.05) is 11.6 Å². The highest BCUT2D eigenvalue weighted by molar-refractivity contribution is 6.31. The Morgan fingerprint density at radius 2 is 1.93 bits per heavy atom. The molecule has 29 heavy (non-hydrogen) atoms. The van der Waals surface area contributed by atoms with Gasteiger partial charge in [0.1, 0.15) is 5.75 Å². The number of rotatable bonds is 7. The number of methoxy groups -OCH3 is 1. The summed E-state index contributed by atoms with van der Waals surface area (Å²) in [6.07, 6.45) is 0. The minimum Gasteiger partial charge on any atom is -0.495 e. The molecule has 0 bridgehead atoms. The Balaban J connectivity index is 1.56. The molecule has 2 aromatic carbocycles. The van der Waals surface area contributed by atoms with Crippen molar-refractivity contribution in [2.45, 2.75) is 13.0 Å². The molecule has 3 rings (SSSR count). The number of hydrogen-bond acceptors (Lipinski definition) is 6. The van der Waals surface area contributed by atoms with Crippen LogP contribution in [0.2, 0.25) is 5.02 Å². The van der Waals surface area contributed by atoms with Gasteiger partial charge in [0.15, 0.2) is 11.5 Å². The molecule has 0 saturated carbocycles. The topological polar surface area (TPSA) is 89.1 Å². The van der Waals surface area contributed by atoms with E-state index in [1.54, 1.807) is 55.3 Å². The zero-order valence-corrected chi connectivity index (χ0v) is 17.1. The summed E-state index contributed by atoms with van der Waals surface area (Å²) in [5, 5.41) is 6.05. The maximum Gasteiger partial charge on any atom is 0.241 e. The van der Waals surface area contributed by atoms with Gasteiger partial charge in [0, 0.05) is 16.8 Å². The minimum atomic E-state index is -0.549. The van der Waals surface area contributed by atoms with Gasteiger partial charge in [-0.05, 0) is 44.3 Å². The molecule has 1 aliphatic heterocycles. The predicted molar refractivity (Wildman–Crippen MR) is 110 cm³/mol. The first-order valence-corrected chi connectivity index (χ1v) is 9.29. The van der Waals surface area contributed by atoms with Crippen LogP contribution in [0.5, 0.6) is 17.2 Å². The first-order valence-electron chi connectivity index (χ1n) is 8.91. The highest BCUT2D eigenvalue weighted by Crippen LogP contribution is 2.34. The van der Waals surface area contributed by atoms with Crippen LogP contribution in [-0.4, -0.2) is 50.3 Å². The molecule has 0 aromatic heterocycles. The largest absolute Gasteiger partial charge is 0.495 e. The van der Waals surface area contributed by atoms with Crippen molar-refractivity contribution >= 4 is 34.8 Å². The number of likely N-dealkylation sites (N-methyl/N-ethyl adjacent to an activating group) is 1. The van der Waals surface area contributed by atoms with Gasteiger partial charge in [-0.3, -0.25) is 14.5 Å². The van der Waals surface area contributed by atoms with E-state index in [-0.39, 0.29) is 25.2 Å². The Morgan fingerprint density at radius 1 is 1.17 bits per heavy atom. The number of fused-ring (bicyclic) bond motifs is 1. The number of nitrogens with zero attached hydrogens (tertiary/aromatic N) is 1. The van der Waals surface area contributed by atoms with Gasteiger partial charge in [-0.15, -0.1) is 0 Å². The lowest BCUT2D eigenvalue weighted by Gasteiger charge is -2.23. The van der Waals surface area contributed by atoms with Crippen LogP contribution in [-0.2, 0) is 9.59 Å². The summed E-state index contributed by atoms with van der Waals surface area (Å²) in [7, 11) is 3.20. The lowest BCUT2D eigenvalue weighted by molar-refractivity contribution is -0.122. The fourth-order valence-electron chi connectivity index (χ4n) is 2.75. The first kappa shape index (κ1) is 20.8. The molecular formula is C20H22ClN3O5. The van der Waals surface area contributed by atoms with Crippen molar-refractivity contribution in [1.82, 2.24) is 4.90 Å². The monoisotopic (exact) mass is 419 g/mol. The van der Waals surface area contributed by atoms with Gasteiger partial charge in [0.25, 0.3) is 0 Å². The summed E-state index contributed by atoms with van der Waals surface area (Å²) < 4.78 is 15.8. The molecule has 1 heterocycles. The maximum atomic E-state index is 12.5. The summed E-state index contributed by atoms with van der Waals surface area (Å²) in [6, 6.07) is 9.56. The van der Waals surface area contributed by atoms with E-state index < -0.39 is 6.04 Å². The molecule has 8 nitrogen and oxygen atoms in total. The van der Waals surface area contributed by atoms with Crippen molar-refractivity contribution in [2.75, 3.05) is 38.1 Å². The van der Waals surface area contributed by atoms with E-state index in [1.165, 1.54) is 7.11 Å². The second kappa shape index (κ2) is 9.02. The van der Waals surface area contributed by atoms with Crippen LogP contribution in [0.25, 0.3) is 0 Å². The highest BCUT2D eigenvalue weighted by atomic mass is 35.5. The third-order valence-electron chi connectivity index (χ3n) is 4.51. The Hall–Kier alpha value is -2.97. The molecule has 2 N–H and O–H groups in total. The van der Waals surface area contributed by atoms with Crippen LogP contribution in [0.15, 0.2) is 36.4 Å². The number of halogens is 1. The Bertz CT molecular complexity index is 921. The summed E-state index contributed by atoms with van der Waals surface area (Å²) in [4.78, 5) is 26.6. The van der Waals surface area contributed by atoms with Crippen LogP contribution in [0.3, 0.4) is 0 Å². The van der Waals surface area contributed by atoms with Crippen molar-refractivity contribution in [3.63, 3.8) is 0 Å². The Kier molecular flexibility index (Phi) is 6.46. The van der Waals surface area contributed by atoms with E-state index in [4.69, 9.17) is 25.8 Å². The predicted octanol–water partition coefficient (Wildman–Crippen LogP) is 2.97. The highest BCUT2D eigenvalue weighted by Gasteiger charge is 2.22. The molecular weight excluding hydrogens is 398 g/mol. The number of carbonyl (C=O) groups is 2. The molecule has 0 spiro atoms. The molecule has 0 fully saturated rings. The van der Waals surface area contributed by atoms with Crippen LogP contribution in [0.1, 0.15) is 6.92 Å². The lowest BCUT2D eigenvalue weighted by atomic mass is 10.2. The number of ether oxygens (including phenoxy) is 3. The molecule has 0 aliphatic carbocycles. The van der Waals surface area contributed by atoms with Gasteiger partial charge in [-0.2, -0.15) is 0 Å². The molecule has 2 aromatic rings. The number of nitrogens with one attached hydrogen (secondary N) is 2. The number of hydrogen-bond donors (Lipinski definition) is 2. The summed E-state index contributed by atoms with van der Waals surface area (Å²) in [6.45, 7) is 1.89. The van der Waals surface area contributed by atoms with Crippen LogP contribution >= 0.6 is 11.6 Å². The second-order valence-corrected chi connectivity index (χ2v) is 6.98. The van der Waals surface area contributed by atoms with Crippen molar-refractivity contribution in [3.05, 3.63) is 41.4 Å². The maximum absolute atomic E-state index is 12.5. The van der Waals surface area contributed by atoms with Gasteiger partial charge in [-0.25, -0.2) is 0 Å². The normalized spacial score (nSPS) is 13.1. The Morgan fingerprint density at radius 3 is 2.69 bits per heavy atom. The number of amides is 2. The smallest absolute Gasteiger partial charge is 0.241 e. The quantitative estimate of drug-likeness (QED) is 0.717. The molecule has 0 radical (unpaired) electrons.